The number of rotatable bonds is 5. The molecule has 0 radical (unpaired) electrons. The molecule has 0 spiro atoms. The van der Waals surface area contributed by atoms with Crippen LogP contribution in [0.15, 0.2) is 53.4 Å². The first-order chi connectivity index (χ1) is 16.0. The van der Waals surface area contributed by atoms with Gasteiger partial charge in [-0.2, -0.15) is 13.2 Å². The number of sulfonamides is 1. The Morgan fingerprint density at radius 2 is 1.44 bits per heavy atom. The molecule has 0 aromatic heterocycles. The molecule has 2 aromatic carbocycles. The third-order valence-corrected chi connectivity index (χ3v) is 9.09. The normalized spacial score (nSPS) is 28.0. The van der Waals surface area contributed by atoms with Gasteiger partial charge in [0, 0.05) is 11.2 Å². The van der Waals surface area contributed by atoms with E-state index in [1.165, 1.54) is 49.6 Å². The standard InChI is InChI=1S/C24H26F3N3O2S2/c25-24(26,27)20-3-1-2-4-21(20)29-22(33)28-18-5-7-19(8-6-18)34(31,32)30-23-12-15-9-16(13-23)11-17(10-15)14-23/h1-8,15-17,30H,9-14H2,(H2,28,29,33). The minimum Gasteiger partial charge on any atom is -0.332 e. The Labute approximate surface area is 202 Å². The number of halogens is 3. The lowest BCUT2D eigenvalue weighted by Crippen LogP contribution is -2.59. The van der Waals surface area contributed by atoms with Gasteiger partial charge in [0.2, 0.25) is 10.0 Å². The van der Waals surface area contributed by atoms with Crippen molar-refractivity contribution in [2.75, 3.05) is 10.6 Å². The molecule has 10 heteroatoms. The smallest absolute Gasteiger partial charge is 0.332 e. The number of para-hydroxylation sites is 1. The molecule has 182 valence electrons. The summed E-state index contributed by atoms with van der Waals surface area (Å²) in [5, 5.41) is 5.35. The number of anilines is 2. The predicted octanol–water partition coefficient (Wildman–Crippen LogP) is 5.76. The third-order valence-electron chi connectivity index (χ3n) is 7.29. The molecule has 2 aromatic rings. The lowest BCUT2D eigenvalue weighted by atomic mass is 9.53. The molecule has 6 rings (SSSR count). The Balaban J connectivity index is 1.25. The number of benzene rings is 2. The Hall–Kier alpha value is -2.17. The fourth-order valence-corrected chi connectivity index (χ4v) is 8.08. The zero-order valence-corrected chi connectivity index (χ0v) is 20.0. The summed E-state index contributed by atoms with van der Waals surface area (Å²) < 4.78 is 68.9. The summed E-state index contributed by atoms with van der Waals surface area (Å²) in [5.74, 6) is 1.87. The Morgan fingerprint density at radius 1 is 0.882 bits per heavy atom. The van der Waals surface area contributed by atoms with Gasteiger partial charge >= 0.3 is 6.18 Å². The van der Waals surface area contributed by atoms with E-state index in [2.05, 4.69) is 15.4 Å². The van der Waals surface area contributed by atoms with E-state index in [1.807, 2.05) is 0 Å². The molecule has 4 bridgehead atoms. The van der Waals surface area contributed by atoms with E-state index in [-0.39, 0.29) is 21.2 Å². The molecule has 4 aliphatic rings. The van der Waals surface area contributed by atoms with E-state index in [0.29, 0.717) is 23.4 Å². The van der Waals surface area contributed by atoms with Crippen molar-refractivity contribution < 1.29 is 21.6 Å². The second-order valence-electron chi connectivity index (χ2n) is 9.95. The minimum absolute atomic E-state index is 0.0287. The summed E-state index contributed by atoms with van der Waals surface area (Å²) in [5.41, 5.74) is -0.847. The Morgan fingerprint density at radius 3 is 2.00 bits per heavy atom. The number of hydrogen-bond donors (Lipinski definition) is 3. The number of alkyl halides is 3. The third kappa shape index (κ3) is 4.81. The van der Waals surface area contributed by atoms with Crippen LogP contribution in [-0.4, -0.2) is 19.1 Å². The molecule has 0 aliphatic heterocycles. The van der Waals surface area contributed by atoms with E-state index < -0.39 is 21.8 Å². The molecule has 4 saturated carbocycles. The van der Waals surface area contributed by atoms with Gasteiger partial charge in [-0.25, -0.2) is 13.1 Å². The van der Waals surface area contributed by atoms with Crippen LogP contribution in [-0.2, 0) is 16.2 Å². The van der Waals surface area contributed by atoms with Gasteiger partial charge in [0.1, 0.15) is 0 Å². The monoisotopic (exact) mass is 509 g/mol. The Bertz CT molecular complexity index is 1160. The minimum atomic E-state index is -4.51. The van der Waals surface area contributed by atoms with Crippen LogP contribution in [0, 0.1) is 17.8 Å². The molecule has 0 unspecified atom stereocenters. The summed E-state index contributed by atoms with van der Waals surface area (Å²) in [6.07, 6.45) is 1.90. The molecule has 0 amide bonds. The van der Waals surface area contributed by atoms with Gasteiger partial charge < -0.3 is 10.6 Å². The van der Waals surface area contributed by atoms with Gasteiger partial charge in [-0.1, -0.05) is 12.1 Å². The maximum absolute atomic E-state index is 13.2. The first-order valence-electron chi connectivity index (χ1n) is 11.4. The van der Waals surface area contributed by atoms with Gasteiger partial charge in [-0.3, -0.25) is 0 Å². The SMILES string of the molecule is O=S(=O)(NC12CC3CC(CC(C3)C1)C2)c1ccc(NC(=S)Nc2ccccc2C(F)(F)F)cc1. The molecule has 0 atom stereocenters. The Kier molecular flexibility index (Phi) is 5.89. The average Bonchev–Trinajstić information content (AvgIpc) is 2.72. The number of thiocarbonyl (C=S) groups is 1. The first kappa shape index (κ1) is 23.6. The highest BCUT2D eigenvalue weighted by Gasteiger charge is 2.52. The molecule has 0 saturated heterocycles. The lowest BCUT2D eigenvalue weighted by Gasteiger charge is -2.56. The van der Waals surface area contributed by atoms with Crippen molar-refractivity contribution in [3.63, 3.8) is 0 Å². The van der Waals surface area contributed by atoms with E-state index in [4.69, 9.17) is 12.2 Å². The van der Waals surface area contributed by atoms with E-state index in [9.17, 15) is 21.6 Å². The predicted molar refractivity (Wildman–Crippen MR) is 129 cm³/mol. The largest absolute Gasteiger partial charge is 0.418 e. The van der Waals surface area contributed by atoms with Crippen molar-refractivity contribution >= 4 is 38.7 Å². The highest BCUT2D eigenvalue weighted by Crippen LogP contribution is 2.56. The average molecular weight is 510 g/mol. The van der Waals surface area contributed by atoms with E-state index >= 15 is 0 Å². The molecular formula is C24H26F3N3O2S2. The number of nitrogens with one attached hydrogen (secondary N) is 3. The summed E-state index contributed by atoms with van der Waals surface area (Å²) in [4.78, 5) is 0.162. The zero-order chi connectivity index (χ0) is 24.1. The highest BCUT2D eigenvalue weighted by molar-refractivity contribution is 7.89. The van der Waals surface area contributed by atoms with Crippen LogP contribution in [0.2, 0.25) is 0 Å². The first-order valence-corrected chi connectivity index (χ1v) is 13.3. The molecular weight excluding hydrogens is 483 g/mol. The van der Waals surface area contributed by atoms with Gasteiger partial charge in [-0.05, 0) is 105 Å². The van der Waals surface area contributed by atoms with Crippen molar-refractivity contribution in [2.45, 2.75) is 55.1 Å². The molecule has 5 nitrogen and oxygen atoms in total. The molecule has 34 heavy (non-hydrogen) atoms. The van der Waals surface area contributed by atoms with Crippen LogP contribution < -0.4 is 15.4 Å². The highest BCUT2D eigenvalue weighted by atomic mass is 32.2. The van der Waals surface area contributed by atoms with Gasteiger partial charge in [0.15, 0.2) is 5.11 Å². The van der Waals surface area contributed by atoms with Gasteiger partial charge in [-0.15, -0.1) is 0 Å². The zero-order valence-electron chi connectivity index (χ0n) is 18.4. The molecule has 3 N–H and O–H groups in total. The summed E-state index contributed by atoms with van der Waals surface area (Å²) in [6.45, 7) is 0. The van der Waals surface area contributed by atoms with Gasteiger partial charge in [0.05, 0.1) is 16.1 Å². The van der Waals surface area contributed by atoms with Crippen molar-refractivity contribution in [3.8, 4) is 0 Å². The van der Waals surface area contributed by atoms with Crippen LogP contribution >= 0.6 is 12.2 Å². The van der Waals surface area contributed by atoms with Crippen LogP contribution in [0.4, 0.5) is 24.5 Å². The lowest BCUT2D eigenvalue weighted by molar-refractivity contribution is -0.136. The topological polar surface area (TPSA) is 70.2 Å². The molecule has 4 fully saturated rings. The summed E-state index contributed by atoms with van der Waals surface area (Å²) in [7, 11) is -3.69. The van der Waals surface area contributed by atoms with Crippen LogP contribution in [0.5, 0.6) is 0 Å². The van der Waals surface area contributed by atoms with Gasteiger partial charge in [0.25, 0.3) is 0 Å². The summed E-state index contributed by atoms with van der Waals surface area (Å²) in [6, 6.07) is 11.1. The van der Waals surface area contributed by atoms with Crippen molar-refractivity contribution in [2.24, 2.45) is 17.8 Å². The maximum atomic E-state index is 13.2. The van der Waals surface area contributed by atoms with Crippen LogP contribution in [0.3, 0.4) is 0 Å². The second-order valence-corrected chi connectivity index (χ2v) is 12.0. The van der Waals surface area contributed by atoms with Crippen LogP contribution in [0.1, 0.15) is 44.1 Å². The molecule has 0 heterocycles. The van der Waals surface area contributed by atoms with E-state index in [1.54, 1.807) is 12.1 Å². The molecule has 4 aliphatic carbocycles. The number of hydrogen-bond acceptors (Lipinski definition) is 3. The van der Waals surface area contributed by atoms with Crippen molar-refractivity contribution in [1.29, 1.82) is 0 Å². The second kappa shape index (κ2) is 8.49. The summed E-state index contributed by atoms with van der Waals surface area (Å²) >= 11 is 5.16. The van der Waals surface area contributed by atoms with E-state index in [0.717, 1.165) is 25.3 Å². The van der Waals surface area contributed by atoms with Crippen molar-refractivity contribution in [1.82, 2.24) is 4.72 Å². The quantitative estimate of drug-likeness (QED) is 0.447. The van der Waals surface area contributed by atoms with Crippen LogP contribution in [0.25, 0.3) is 0 Å². The maximum Gasteiger partial charge on any atom is 0.418 e. The fraction of sp³-hybridized carbons (Fsp3) is 0.458. The van der Waals surface area contributed by atoms with Crippen molar-refractivity contribution in [3.05, 3.63) is 54.1 Å². The fourth-order valence-electron chi connectivity index (χ4n) is 6.42.